The highest BCUT2D eigenvalue weighted by molar-refractivity contribution is 8.00. The van der Waals surface area contributed by atoms with Crippen molar-refractivity contribution in [2.45, 2.75) is 36.9 Å². The van der Waals surface area contributed by atoms with Gasteiger partial charge in [-0.15, -0.1) is 11.3 Å². The van der Waals surface area contributed by atoms with Crippen LogP contribution in [-0.2, 0) is 13.1 Å². The first-order valence-electron chi connectivity index (χ1n) is 7.15. The first-order chi connectivity index (χ1) is 10.6. The van der Waals surface area contributed by atoms with Crippen LogP contribution in [0.25, 0.3) is 0 Å². The summed E-state index contributed by atoms with van der Waals surface area (Å²) in [7, 11) is 0. The lowest BCUT2D eigenvalue weighted by atomic mass is 10.2. The normalized spacial score (nSPS) is 15.7. The Hall–Kier alpha value is -1.38. The van der Waals surface area contributed by atoms with Crippen molar-refractivity contribution < 1.29 is 9.90 Å². The molecule has 0 radical (unpaired) electrons. The van der Waals surface area contributed by atoms with Crippen molar-refractivity contribution >= 4 is 29.0 Å². The van der Waals surface area contributed by atoms with Gasteiger partial charge in [0.1, 0.15) is 10.0 Å². The molecule has 3 heterocycles. The Bertz CT molecular complexity index is 682. The van der Waals surface area contributed by atoms with Crippen molar-refractivity contribution in [2.75, 3.05) is 12.8 Å². The summed E-state index contributed by atoms with van der Waals surface area (Å²) in [6, 6.07) is 1.89. The van der Waals surface area contributed by atoms with Gasteiger partial charge in [-0.25, -0.2) is 4.98 Å². The van der Waals surface area contributed by atoms with Crippen molar-refractivity contribution in [3.05, 3.63) is 28.5 Å². The molecule has 1 amide bonds. The van der Waals surface area contributed by atoms with E-state index in [1.807, 2.05) is 29.3 Å². The number of amides is 1. The Morgan fingerprint density at radius 2 is 2.36 bits per heavy atom. The SMILES string of the molecule is CC[C@@H](O)c1cc2n(n1)CCN(C(=O)c1csc(SC)n1)C2. The number of thioether (sulfide) groups is 1. The Balaban J connectivity index is 1.76. The second-order valence-electron chi connectivity index (χ2n) is 5.14. The Morgan fingerprint density at radius 3 is 3.05 bits per heavy atom. The van der Waals surface area contributed by atoms with Crippen LogP contribution in [0.15, 0.2) is 15.8 Å². The van der Waals surface area contributed by atoms with Crippen LogP contribution in [0.4, 0.5) is 0 Å². The number of thiazole rings is 1. The molecule has 1 N–H and O–H groups in total. The number of aliphatic hydroxyl groups excluding tert-OH is 1. The van der Waals surface area contributed by atoms with Gasteiger partial charge >= 0.3 is 0 Å². The van der Waals surface area contributed by atoms with Gasteiger partial charge in [0.2, 0.25) is 0 Å². The van der Waals surface area contributed by atoms with E-state index in [2.05, 4.69) is 10.1 Å². The lowest BCUT2D eigenvalue weighted by Gasteiger charge is -2.27. The van der Waals surface area contributed by atoms with Crippen molar-refractivity contribution in [1.29, 1.82) is 0 Å². The molecule has 1 aliphatic rings. The molecule has 0 spiro atoms. The summed E-state index contributed by atoms with van der Waals surface area (Å²) >= 11 is 3.04. The molecule has 2 aromatic rings. The molecule has 22 heavy (non-hydrogen) atoms. The molecule has 0 saturated heterocycles. The van der Waals surface area contributed by atoms with Crippen molar-refractivity contribution in [3.8, 4) is 0 Å². The quantitative estimate of drug-likeness (QED) is 0.865. The van der Waals surface area contributed by atoms with Gasteiger partial charge in [0.25, 0.3) is 5.91 Å². The van der Waals surface area contributed by atoms with E-state index in [0.29, 0.717) is 37.4 Å². The monoisotopic (exact) mass is 338 g/mol. The third-order valence-corrected chi connectivity index (χ3v) is 5.57. The number of aliphatic hydroxyl groups is 1. The molecular formula is C14H18N4O2S2. The molecule has 2 aromatic heterocycles. The first kappa shape index (κ1) is 15.5. The van der Waals surface area contributed by atoms with Gasteiger partial charge in [-0.3, -0.25) is 9.48 Å². The summed E-state index contributed by atoms with van der Waals surface area (Å²) in [5.41, 5.74) is 2.16. The van der Waals surface area contributed by atoms with Gasteiger partial charge in [0.15, 0.2) is 0 Å². The fraction of sp³-hybridized carbons (Fsp3) is 0.500. The summed E-state index contributed by atoms with van der Waals surface area (Å²) in [4.78, 5) is 18.6. The van der Waals surface area contributed by atoms with Gasteiger partial charge in [-0.2, -0.15) is 5.10 Å². The number of rotatable bonds is 4. The van der Waals surface area contributed by atoms with E-state index >= 15 is 0 Å². The minimum absolute atomic E-state index is 0.0402. The number of aromatic nitrogens is 3. The van der Waals surface area contributed by atoms with Crippen LogP contribution >= 0.6 is 23.1 Å². The maximum Gasteiger partial charge on any atom is 0.273 e. The predicted octanol–water partition coefficient (Wildman–Crippen LogP) is 2.16. The van der Waals surface area contributed by atoms with Gasteiger partial charge in [-0.1, -0.05) is 18.7 Å². The van der Waals surface area contributed by atoms with Crippen LogP contribution in [0.3, 0.4) is 0 Å². The van der Waals surface area contributed by atoms with E-state index in [0.717, 1.165) is 10.0 Å². The van der Waals surface area contributed by atoms with Crippen LogP contribution in [-0.4, -0.2) is 43.5 Å². The standard InChI is InChI=1S/C14H18N4O2S2/c1-3-12(19)10-6-9-7-17(4-5-18(9)16-10)13(20)11-8-22-14(15-11)21-2/h6,8,12,19H,3-5,7H2,1-2H3/t12-/m1/s1. The average Bonchev–Trinajstić information content (AvgIpc) is 3.18. The van der Waals surface area contributed by atoms with Gasteiger partial charge in [0, 0.05) is 11.9 Å². The average molecular weight is 338 g/mol. The lowest BCUT2D eigenvalue weighted by Crippen LogP contribution is -2.38. The molecule has 0 aromatic carbocycles. The first-order valence-corrected chi connectivity index (χ1v) is 9.26. The number of hydrogen-bond donors (Lipinski definition) is 1. The largest absolute Gasteiger partial charge is 0.387 e. The molecular weight excluding hydrogens is 320 g/mol. The molecule has 0 aliphatic carbocycles. The van der Waals surface area contributed by atoms with E-state index in [4.69, 9.17) is 0 Å². The fourth-order valence-electron chi connectivity index (χ4n) is 2.45. The van der Waals surface area contributed by atoms with Crippen molar-refractivity contribution in [1.82, 2.24) is 19.7 Å². The zero-order valence-electron chi connectivity index (χ0n) is 12.5. The number of carbonyl (C=O) groups excluding carboxylic acids is 1. The number of nitrogens with zero attached hydrogens (tertiary/aromatic N) is 4. The van der Waals surface area contributed by atoms with E-state index in [-0.39, 0.29) is 5.91 Å². The Kier molecular flexibility index (Phi) is 4.51. The summed E-state index contributed by atoms with van der Waals surface area (Å²) in [5, 5.41) is 16.1. The lowest BCUT2D eigenvalue weighted by molar-refractivity contribution is 0.0700. The minimum Gasteiger partial charge on any atom is -0.387 e. The summed E-state index contributed by atoms with van der Waals surface area (Å²) in [5.74, 6) is -0.0402. The Labute approximate surface area is 137 Å². The van der Waals surface area contributed by atoms with Crippen molar-refractivity contribution in [2.24, 2.45) is 0 Å². The molecule has 0 fully saturated rings. The highest BCUT2D eigenvalue weighted by atomic mass is 32.2. The van der Waals surface area contributed by atoms with E-state index in [9.17, 15) is 9.90 Å². The molecule has 6 nitrogen and oxygen atoms in total. The molecule has 3 rings (SSSR count). The third-order valence-electron chi connectivity index (χ3n) is 3.71. The highest BCUT2D eigenvalue weighted by Crippen LogP contribution is 2.23. The summed E-state index contributed by atoms with van der Waals surface area (Å²) < 4.78 is 2.78. The van der Waals surface area contributed by atoms with E-state index < -0.39 is 6.10 Å². The summed E-state index contributed by atoms with van der Waals surface area (Å²) in [6.07, 6.45) is 2.05. The molecule has 118 valence electrons. The van der Waals surface area contributed by atoms with E-state index in [1.54, 1.807) is 16.7 Å². The van der Waals surface area contributed by atoms with Crippen LogP contribution in [0.2, 0.25) is 0 Å². The molecule has 0 saturated carbocycles. The Morgan fingerprint density at radius 1 is 1.55 bits per heavy atom. The van der Waals surface area contributed by atoms with Crippen molar-refractivity contribution in [3.63, 3.8) is 0 Å². The van der Waals surface area contributed by atoms with Crippen LogP contribution in [0.5, 0.6) is 0 Å². The molecule has 1 aliphatic heterocycles. The second-order valence-corrected chi connectivity index (χ2v) is 7.05. The molecule has 8 heteroatoms. The van der Waals surface area contributed by atoms with Gasteiger partial charge in [-0.05, 0) is 18.7 Å². The van der Waals surface area contributed by atoms with Gasteiger partial charge < -0.3 is 10.0 Å². The third kappa shape index (κ3) is 2.90. The number of fused-ring (bicyclic) bond motifs is 1. The molecule has 0 unspecified atom stereocenters. The summed E-state index contributed by atoms with van der Waals surface area (Å²) in [6.45, 7) is 3.69. The second kappa shape index (κ2) is 6.39. The maximum absolute atomic E-state index is 12.5. The molecule has 0 bridgehead atoms. The smallest absolute Gasteiger partial charge is 0.273 e. The zero-order valence-corrected chi connectivity index (χ0v) is 14.2. The zero-order chi connectivity index (χ0) is 15.7. The van der Waals surface area contributed by atoms with Gasteiger partial charge in [0.05, 0.1) is 30.6 Å². The van der Waals surface area contributed by atoms with Crippen LogP contribution < -0.4 is 0 Å². The fourth-order valence-corrected chi connectivity index (χ4v) is 3.68. The van der Waals surface area contributed by atoms with Crippen LogP contribution in [0.1, 0.15) is 41.3 Å². The number of carbonyl (C=O) groups is 1. The topological polar surface area (TPSA) is 71.2 Å². The predicted molar refractivity (Wildman–Crippen MR) is 86.1 cm³/mol. The van der Waals surface area contributed by atoms with E-state index in [1.165, 1.54) is 11.3 Å². The van der Waals surface area contributed by atoms with Crippen LogP contribution in [0, 0.1) is 0 Å². The number of hydrogen-bond acceptors (Lipinski definition) is 6. The minimum atomic E-state index is -0.537. The molecule has 1 atom stereocenters. The maximum atomic E-state index is 12.5. The highest BCUT2D eigenvalue weighted by Gasteiger charge is 2.25.